The van der Waals surface area contributed by atoms with Gasteiger partial charge in [0.15, 0.2) is 11.7 Å². The predicted octanol–water partition coefficient (Wildman–Crippen LogP) is 5.06. The fourth-order valence-electron chi connectivity index (χ4n) is 3.13. The first-order chi connectivity index (χ1) is 15.6. The van der Waals surface area contributed by atoms with Crippen molar-refractivity contribution in [3.05, 3.63) is 72.8 Å². The van der Waals surface area contributed by atoms with Gasteiger partial charge < -0.3 is 19.5 Å². The molecule has 162 valence electrons. The lowest BCUT2D eigenvalue weighted by molar-refractivity contribution is 0.415. The average Bonchev–Trinajstić information content (AvgIpc) is 3.14. The molecule has 0 aromatic heterocycles. The highest BCUT2D eigenvalue weighted by Gasteiger charge is 2.30. The number of rotatable bonds is 6. The summed E-state index contributed by atoms with van der Waals surface area (Å²) in [5.74, 6) is 3.41. The van der Waals surface area contributed by atoms with Gasteiger partial charge in [-0.15, -0.1) is 0 Å². The van der Waals surface area contributed by atoms with Crippen LogP contribution in [-0.2, 0) is 0 Å². The molecule has 0 bridgehead atoms. The molecule has 32 heavy (non-hydrogen) atoms. The van der Waals surface area contributed by atoms with Gasteiger partial charge in [-0.3, -0.25) is 4.90 Å². The Bertz CT molecular complexity index is 1160. The van der Waals surface area contributed by atoms with E-state index in [9.17, 15) is 0 Å². The molecular weight excluding hydrogens is 424 g/mol. The number of thiocarbonyl (C=S) groups is 1. The second-order valence-corrected chi connectivity index (χ2v) is 7.13. The first kappa shape index (κ1) is 21.3. The smallest absolute Gasteiger partial charge is 0.208 e. The first-order valence-corrected chi connectivity index (χ1v) is 10.2. The molecule has 8 heteroatoms. The molecule has 3 aromatic carbocycles. The maximum absolute atomic E-state index is 5.60. The molecule has 0 unspecified atom stereocenters. The summed E-state index contributed by atoms with van der Waals surface area (Å²) in [6.07, 6.45) is 0. The van der Waals surface area contributed by atoms with E-state index in [1.807, 2.05) is 77.7 Å². The monoisotopic (exact) mass is 446 g/mol. The van der Waals surface area contributed by atoms with Gasteiger partial charge in [0.2, 0.25) is 5.11 Å². The SMILES string of the molecule is COc1ccc(N=C2C(Nc3ccc(OC)cc3)=NC(=S)N2c2ccc(OC)cc2)cc1. The molecular formula is C24H22N4O3S. The summed E-state index contributed by atoms with van der Waals surface area (Å²) in [6.45, 7) is 0. The highest BCUT2D eigenvalue weighted by molar-refractivity contribution is 7.80. The Morgan fingerprint density at radius 2 is 1.25 bits per heavy atom. The predicted molar refractivity (Wildman–Crippen MR) is 132 cm³/mol. The summed E-state index contributed by atoms with van der Waals surface area (Å²) in [5.41, 5.74) is 2.41. The summed E-state index contributed by atoms with van der Waals surface area (Å²) in [5, 5.41) is 3.71. The van der Waals surface area contributed by atoms with Gasteiger partial charge >= 0.3 is 0 Å². The van der Waals surface area contributed by atoms with Crippen LogP contribution in [0.2, 0.25) is 0 Å². The van der Waals surface area contributed by atoms with Gasteiger partial charge in [0.05, 0.1) is 32.7 Å². The molecule has 0 spiro atoms. The van der Waals surface area contributed by atoms with Gasteiger partial charge in [0.25, 0.3) is 0 Å². The zero-order chi connectivity index (χ0) is 22.5. The van der Waals surface area contributed by atoms with Crippen LogP contribution in [0.25, 0.3) is 0 Å². The highest BCUT2D eigenvalue weighted by Crippen LogP contribution is 2.27. The van der Waals surface area contributed by atoms with Gasteiger partial charge in [-0.1, -0.05) is 0 Å². The molecule has 1 N–H and O–H groups in total. The van der Waals surface area contributed by atoms with Crippen LogP contribution in [0.1, 0.15) is 0 Å². The summed E-state index contributed by atoms with van der Waals surface area (Å²) < 4.78 is 15.8. The number of hydrogen-bond donors (Lipinski definition) is 1. The van der Waals surface area contributed by atoms with Crippen LogP contribution in [0.15, 0.2) is 82.8 Å². The van der Waals surface area contributed by atoms with Crippen LogP contribution in [0.4, 0.5) is 17.1 Å². The van der Waals surface area contributed by atoms with Crippen molar-refractivity contribution in [3.63, 3.8) is 0 Å². The number of nitrogens with one attached hydrogen (secondary N) is 1. The molecule has 1 aliphatic rings. The Balaban J connectivity index is 1.71. The average molecular weight is 447 g/mol. The Labute approximate surface area is 192 Å². The van der Waals surface area contributed by atoms with Crippen LogP contribution in [-0.4, -0.2) is 38.1 Å². The Morgan fingerprint density at radius 3 is 1.78 bits per heavy atom. The summed E-state index contributed by atoms with van der Waals surface area (Å²) in [4.78, 5) is 11.3. The van der Waals surface area contributed by atoms with Crippen molar-refractivity contribution in [1.82, 2.24) is 0 Å². The van der Waals surface area contributed by atoms with Crippen molar-refractivity contribution in [2.45, 2.75) is 0 Å². The van der Waals surface area contributed by atoms with E-state index in [1.54, 1.807) is 21.3 Å². The van der Waals surface area contributed by atoms with E-state index in [4.69, 9.17) is 31.4 Å². The van der Waals surface area contributed by atoms with Crippen molar-refractivity contribution < 1.29 is 14.2 Å². The van der Waals surface area contributed by atoms with Crippen LogP contribution in [0, 0.1) is 0 Å². The molecule has 3 aromatic rings. The lowest BCUT2D eigenvalue weighted by Crippen LogP contribution is -2.35. The molecule has 0 saturated carbocycles. The van der Waals surface area contributed by atoms with E-state index in [1.165, 1.54) is 0 Å². The normalized spacial score (nSPS) is 14.3. The van der Waals surface area contributed by atoms with Crippen molar-refractivity contribution >= 4 is 46.1 Å². The molecule has 0 saturated heterocycles. The number of methoxy groups -OCH3 is 3. The number of ether oxygens (including phenoxy) is 3. The Kier molecular flexibility index (Phi) is 6.32. The van der Waals surface area contributed by atoms with E-state index in [0.717, 1.165) is 34.3 Å². The fourth-order valence-corrected chi connectivity index (χ4v) is 3.42. The second kappa shape index (κ2) is 9.49. The second-order valence-electron chi connectivity index (χ2n) is 6.76. The fraction of sp³-hybridized carbons (Fsp3) is 0.125. The van der Waals surface area contributed by atoms with Crippen molar-refractivity contribution in [2.75, 3.05) is 31.5 Å². The van der Waals surface area contributed by atoms with Gasteiger partial charge in [-0.05, 0) is 85.0 Å². The number of amidine groups is 2. The summed E-state index contributed by atoms with van der Waals surface area (Å²) in [7, 11) is 4.89. The van der Waals surface area contributed by atoms with Crippen LogP contribution in [0.3, 0.4) is 0 Å². The number of aliphatic imine (C=N–C) groups is 2. The zero-order valence-corrected chi connectivity index (χ0v) is 18.7. The van der Waals surface area contributed by atoms with Crippen molar-refractivity contribution in [2.24, 2.45) is 9.98 Å². The molecule has 4 rings (SSSR count). The molecule has 0 radical (unpaired) electrons. The molecule has 0 fully saturated rings. The minimum Gasteiger partial charge on any atom is -0.497 e. The minimum atomic E-state index is 0.387. The third-order valence-corrected chi connectivity index (χ3v) is 5.09. The molecule has 1 heterocycles. The first-order valence-electron chi connectivity index (χ1n) is 9.82. The maximum atomic E-state index is 5.60. The molecule has 0 aliphatic carbocycles. The van der Waals surface area contributed by atoms with E-state index < -0.39 is 0 Å². The topological polar surface area (TPSA) is 67.7 Å². The lowest BCUT2D eigenvalue weighted by atomic mass is 10.2. The van der Waals surface area contributed by atoms with Crippen molar-refractivity contribution in [1.29, 1.82) is 0 Å². The number of benzene rings is 3. The number of anilines is 2. The van der Waals surface area contributed by atoms with E-state index >= 15 is 0 Å². The van der Waals surface area contributed by atoms with Gasteiger partial charge in [0.1, 0.15) is 17.2 Å². The van der Waals surface area contributed by atoms with E-state index in [2.05, 4.69) is 10.3 Å². The van der Waals surface area contributed by atoms with Gasteiger partial charge in [-0.25, -0.2) is 4.99 Å². The molecule has 1 aliphatic heterocycles. The molecule has 0 atom stereocenters. The largest absolute Gasteiger partial charge is 0.497 e. The molecule has 0 amide bonds. The standard InChI is InChI=1S/C24H22N4O3S/c1-29-19-10-4-16(5-11-19)25-22-23(26-17-6-12-20(30-2)13-7-17)28(24(32)27-22)18-8-14-21(31-3)15-9-18/h4-15H,1-3H3,(H,25,27,32). The van der Waals surface area contributed by atoms with E-state index in [0.29, 0.717) is 16.8 Å². The molecule has 7 nitrogen and oxygen atoms in total. The Hall–Kier alpha value is -3.91. The summed E-state index contributed by atoms with van der Waals surface area (Å²) in [6, 6.07) is 22.6. The third kappa shape index (κ3) is 4.55. The van der Waals surface area contributed by atoms with Crippen LogP contribution >= 0.6 is 12.2 Å². The lowest BCUT2D eigenvalue weighted by Gasteiger charge is -2.19. The minimum absolute atomic E-state index is 0.387. The number of hydrogen-bond acceptors (Lipinski definition) is 6. The van der Waals surface area contributed by atoms with Crippen LogP contribution in [0.5, 0.6) is 17.2 Å². The van der Waals surface area contributed by atoms with Gasteiger partial charge in [0, 0.05) is 5.69 Å². The van der Waals surface area contributed by atoms with Crippen LogP contribution < -0.4 is 24.4 Å². The maximum Gasteiger partial charge on any atom is 0.208 e. The number of nitrogens with zero attached hydrogens (tertiary/aromatic N) is 3. The van der Waals surface area contributed by atoms with Crippen molar-refractivity contribution in [3.8, 4) is 17.2 Å². The summed E-state index contributed by atoms with van der Waals surface area (Å²) >= 11 is 5.60. The highest BCUT2D eigenvalue weighted by atomic mass is 32.1. The quantitative estimate of drug-likeness (QED) is 0.534. The van der Waals surface area contributed by atoms with Gasteiger partial charge in [-0.2, -0.15) is 4.99 Å². The zero-order valence-electron chi connectivity index (χ0n) is 17.9. The van der Waals surface area contributed by atoms with E-state index in [-0.39, 0.29) is 0 Å². The third-order valence-electron chi connectivity index (χ3n) is 4.81. The Morgan fingerprint density at radius 1 is 0.750 bits per heavy atom.